The van der Waals surface area contributed by atoms with Crippen molar-refractivity contribution in [2.75, 3.05) is 13.2 Å². The number of terminal acetylenes is 1. The minimum absolute atomic E-state index is 0.102. The maximum absolute atomic E-state index is 12.5. The fourth-order valence-corrected chi connectivity index (χ4v) is 2.26. The molecule has 0 heterocycles. The molecule has 0 unspecified atom stereocenters. The summed E-state index contributed by atoms with van der Waals surface area (Å²) in [5.41, 5.74) is -0.291. The average molecular weight is 288 g/mol. The zero-order valence-electron chi connectivity index (χ0n) is 12.6. The van der Waals surface area contributed by atoms with Crippen LogP contribution in [0, 0.1) is 19.3 Å². The molecule has 0 aliphatic carbocycles. The van der Waals surface area contributed by atoms with Gasteiger partial charge in [-0.1, -0.05) is 24.3 Å². The van der Waals surface area contributed by atoms with Gasteiger partial charge >= 0.3 is 11.9 Å². The molecule has 0 aliphatic heterocycles. The number of esters is 2. The van der Waals surface area contributed by atoms with Crippen molar-refractivity contribution in [3.63, 3.8) is 0 Å². The summed E-state index contributed by atoms with van der Waals surface area (Å²) < 4.78 is 10.2. The Morgan fingerprint density at radius 3 is 2.10 bits per heavy atom. The summed E-state index contributed by atoms with van der Waals surface area (Å²) in [6.07, 6.45) is 5.30. The molecule has 0 bridgehead atoms. The van der Waals surface area contributed by atoms with Crippen LogP contribution in [-0.2, 0) is 24.5 Å². The van der Waals surface area contributed by atoms with Gasteiger partial charge in [0.2, 0.25) is 5.41 Å². The van der Waals surface area contributed by atoms with Gasteiger partial charge in [-0.15, -0.1) is 12.3 Å². The summed E-state index contributed by atoms with van der Waals surface area (Å²) >= 11 is 0. The summed E-state index contributed by atoms with van der Waals surface area (Å²) in [7, 11) is 0. The van der Waals surface area contributed by atoms with E-state index in [1.54, 1.807) is 26.0 Å². The minimum atomic E-state index is -1.61. The van der Waals surface area contributed by atoms with Crippen molar-refractivity contribution in [3.05, 3.63) is 35.4 Å². The van der Waals surface area contributed by atoms with Crippen LogP contribution in [0.3, 0.4) is 0 Å². The van der Waals surface area contributed by atoms with Crippen molar-refractivity contribution in [3.8, 4) is 12.3 Å². The molecule has 0 saturated carbocycles. The van der Waals surface area contributed by atoms with E-state index in [1.807, 2.05) is 19.1 Å². The standard InChI is InChI=1S/C17H20O4/c1-5-12-17(15(18)20-6-2,16(19)21-7-3)14-11-9-8-10-13(14)4/h1,8-11H,6-7,12H2,2-4H3. The molecule has 4 nitrogen and oxygen atoms in total. The Hall–Kier alpha value is -2.28. The zero-order valence-corrected chi connectivity index (χ0v) is 12.6. The number of hydrogen-bond donors (Lipinski definition) is 0. The van der Waals surface area contributed by atoms with Gasteiger partial charge in [-0.2, -0.15) is 0 Å². The second-order valence-corrected chi connectivity index (χ2v) is 4.54. The lowest BCUT2D eigenvalue weighted by atomic mass is 9.75. The molecule has 4 heteroatoms. The molecule has 1 rings (SSSR count). The van der Waals surface area contributed by atoms with Crippen molar-refractivity contribution in [1.82, 2.24) is 0 Å². The number of aryl methyl sites for hydroxylation is 1. The Morgan fingerprint density at radius 1 is 1.14 bits per heavy atom. The van der Waals surface area contributed by atoms with E-state index >= 15 is 0 Å². The van der Waals surface area contributed by atoms with Crippen LogP contribution in [-0.4, -0.2) is 25.2 Å². The molecule has 0 fully saturated rings. The molecule has 0 aliphatic rings. The second kappa shape index (κ2) is 7.49. The van der Waals surface area contributed by atoms with Crippen molar-refractivity contribution in [1.29, 1.82) is 0 Å². The summed E-state index contributed by atoms with van der Waals surface area (Å²) in [5.74, 6) is 1.07. The highest BCUT2D eigenvalue weighted by Crippen LogP contribution is 2.33. The van der Waals surface area contributed by atoms with E-state index in [-0.39, 0.29) is 19.6 Å². The van der Waals surface area contributed by atoms with Crippen molar-refractivity contribution in [2.45, 2.75) is 32.6 Å². The van der Waals surface area contributed by atoms with Crippen molar-refractivity contribution in [2.24, 2.45) is 0 Å². The molecule has 0 amide bonds. The molecule has 1 aromatic rings. The largest absolute Gasteiger partial charge is 0.465 e. The Labute approximate surface area is 125 Å². The van der Waals surface area contributed by atoms with Gasteiger partial charge in [0.05, 0.1) is 13.2 Å². The van der Waals surface area contributed by atoms with E-state index < -0.39 is 17.4 Å². The van der Waals surface area contributed by atoms with Gasteiger partial charge in [-0.3, -0.25) is 9.59 Å². The van der Waals surface area contributed by atoms with Gasteiger partial charge in [-0.05, 0) is 31.9 Å². The van der Waals surface area contributed by atoms with Crippen LogP contribution in [0.15, 0.2) is 24.3 Å². The van der Waals surface area contributed by atoms with Crippen molar-refractivity contribution >= 4 is 11.9 Å². The number of carbonyl (C=O) groups is 2. The summed E-state index contributed by atoms with van der Waals surface area (Å²) in [4.78, 5) is 25.0. The molecule has 0 radical (unpaired) electrons. The van der Waals surface area contributed by atoms with E-state index in [0.29, 0.717) is 5.56 Å². The topological polar surface area (TPSA) is 52.6 Å². The van der Waals surface area contributed by atoms with Gasteiger partial charge in [0, 0.05) is 6.42 Å². The van der Waals surface area contributed by atoms with Crippen LogP contribution in [0.5, 0.6) is 0 Å². The Morgan fingerprint density at radius 2 is 1.67 bits per heavy atom. The molecule has 0 spiro atoms. The molecule has 112 valence electrons. The second-order valence-electron chi connectivity index (χ2n) is 4.54. The molecule has 1 aromatic carbocycles. The van der Waals surface area contributed by atoms with E-state index in [1.165, 1.54) is 0 Å². The normalized spacial score (nSPS) is 10.6. The highest BCUT2D eigenvalue weighted by atomic mass is 16.6. The van der Waals surface area contributed by atoms with E-state index in [0.717, 1.165) is 5.56 Å². The lowest BCUT2D eigenvalue weighted by molar-refractivity contribution is -0.164. The van der Waals surface area contributed by atoms with Crippen LogP contribution in [0.25, 0.3) is 0 Å². The first-order valence-corrected chi connectivity index (χ1v) is 6.88. The number of carbonyl (C=O) groups excluding carboxylic acids is 2. The maximum atomic E-state index is 12.5. The van der Waals surface area contributed by atoms with Gasteiger partial charge in [-0.25, -0.2) is 0 Å². The van der Waals surface area contributed by atoms with Gasteiger partial charge in [0.1, 0.15) is 0 Å². The van der Waals surface area contributed by atoms with Crippen LogP contribution in [0.4, 0.5) is 0 Å². The van der Waals surface area contributed by atoms with Gasteiger partial charge in [0.25, 0.3) is 0 Å². The molecule has 0 aromatic heterocycles. The molecular formula is C17H20O4. The molecule has 0 N–H and O–H groups in total. The lowest BCUT2D eigenvalue weighted by Crippen LogP contribution is -2.46. The number of rotatable bonds is 6. The molecular weight excluding hydrogens is 268 g/mol. The minimum Gasteiger partial charge on any atom is -0.465 e. The fraction of sp³-hybridized carbons (Fsp3) is 0.412. The van der Waals surface area contributed by atoms with Crippen molar-refractivity contribution < 1.29 is 19.1 Å². The quantitative estimate of drug-likeness (QED) is 0.458. The highest BCUT2D eigenvalue weighted by molar-refractivity contribution is 6.07. The van der Waals surface area contributed by atoms with E-state index in [4.69, 9.17) is 15.9 Å². The summed E-state index contributed by atoms with van der Waals surface area (Å²) in [6, 6.07) is 7.11. The van der Waals surface area contributed by atoms with E-state index in [9.17, 15) is 9.59 Å². The van der Waals surface area contributed by atoms with Crippen LogP contribution >= 0.6 is 0 Å². The number of hydrogen-bond acceptors (Lipinski definition) is 4. The molecule has 0 saturated heterocycles. The fourth-order valence-electron chi connectivity index (χ4n) is 2.26. The molecule has 0 atom stereocenters. The van der Waals surface area contributed by atoms with Crippen LogP contribution in [0.2, 0.25) is 0 Å². The summed E-state index contributed by atoms with van der Waals surface area (Å²) in [5, 5.41) is 0. The third-order valence-corrected chi connectivity index (χ3v) is 3.22. The zero-order chi connectivity index (χ0) is 15.9. The average Bonchev–Trinajstić information content (AvgIpc) is 2.46. The Bertz CT molecular complexity index is 536. The van der Waals surface area contributed by atoms with E-state index in [2.05, 4.69) is 5.92 Å². The maximum Gasteiger partial charge on any atom is 0.329 e. The highest BCUT2D eigenvalue weighted by Gasteiger charge is 2.50. The monoisotopic (exact) mass is 288 g/mol. The third kappa shape index (κ3) is 3.25. The SMILES string of the molecule is C#CCC(C(=O)OCC)(C(=O)OCC)c1ccccc1C. The number of benzene rings is 1. The predicted octanol–water partition coefficient (Wildman–Crippen LogP) is 2.38. The Balaban J connectivity index is 3.52. The smallest absolute Gasteiger partial charge is 0.329 e. The Kier molecular flexibility index (Phi) is 5.98. The van der Waals surface area contributed by atoms with Crippen LogP contribution in [0.1, 0.15) is 31.4 Å². The first-order valence-electron chi connectivity index (χ1n) is 6.88. The van der Waals surface area contributed by atoms with Gasteiger partial charge in [0.15, 0.2) is 0 Å². The first kappa shape index (κ1) is 16.8. The first-order chi connectivity index (χ1) is 10.0. The lowest BCUT2D eigenvalue weighted by Gasteiger charge is -2.29. The third-order valence-electron chi connectivity index (χ3n) is 3.22. The number of ether oxygens (including phenoxy) is 2. The molecule has 21 heavy (non-hydrogen) atoms. The summed E-state index contributed by atoms with van der Waals surface area (Å²) in [6.45, 7) is 5.51. The van der Waals surface area contributed by atoms with Gasteiger partial charge < -0.3 is 9.47 Å². The predicted molar refractivity (Wildman–Crippen MR) is 79.6 cm³/mol. The van der Waals surface area contributed by atoms with Crippen LogP contribution < -0.4 is 0 Å².